The van der Waals surface area contributed by atoms with Gasteiger partial charge in [0.1, 0.15) is 0 Å². The lowest BCUT2D eigenvalue weighted by molar-refractivity contribution is -0.131. The molecule has 8 nitrogen and oxygen atoms in total. The van der Waals surface area contributed by atoms with Crippen LogP contribution in [0.2, 0.25) is 0 Å². The van der Waals surface area contributed by atoms with Gasteiger partial charge in [0.05, 0.1) is 12.3 Å². The van der Waals surface area contributed by atoms with Crippen LogP contribution in [0.1, 0.15) is 30.1 Å². The average molecular weight is 374 g/mol. The summed E-state index contributed by atoms with van der Waals surface area (Å²) in [4.78, 5) is 25.7. The largest absolute Gasteiger partial charge is 0.336 e. The topological polar surface area (TPSA) is 106 Å². The Morgan fingerprint density at radius 1 is 1.31 bits per heavy atom. The van der Waals surface area contributed by atoms with E-state index in [-0.39, 0.29) is 24.1 Å². The van der Waals surface area contributed by atoms with E-state index in [9.17, 15) is 9.59 Å². The SMILES string of the molecule is Cc1ccc(NC(=O)CN(C)C(=O)CSc2nnc(C3CC3)n2N)cc1. The molecular formula is C17H22N6O2S. The summed E-state index contributed by atoms with van der Waals surface area (Å²) in [6, 6.07) is 7.49. The van der Waals surface area contributed by atoms with Gasteiger partial charge in [0.2, 0.25) is 17.0 Å². The first-order valence-corrected chi connectivity index (χ1v) is 9.36. The summed E-state index contributed by atoms with van der Waals surface area (Å²) in [6.45, 7) is 1.96. The Morgan fingerprint density at radius 2 is 2.00 bits per heavy atom. The summed E-state index contributed by atoms with van der Waals surface area (Å²) in [5, 5.41) is 11.4. The highest BCUT2D eigenvalue weighted by Gasteiger charge is 2.30. The first-order chi connectivity index (χ1) is 12.4. The van der Waals surface area contributed by atoms with Gasteiger partial charge >= 0.3 is 0 Å². The summed E-state index contributed by atoms with van der Waals surface area (Å²) in [7, 11) is 1.60. The third-order valence-corrected chi connectivity index (χ3v) is 5.03. The minimum Gasteiger partial charge on any atom is -0.336 e. The van der Waals surface area contributed by atoms with E-state index in [1.165, 1.54) is 21.3 Å². The Bertz CT molecular complexity index is 800. The van der Waals surface area contributed by atoms with E-state index in [2.05, 4.69) is 15.5 Å². The zero-order valence-electron chi connectivity index (χ0n) is 14.8. The normalized spacial score (nSPS) is 13.5. The molecule has 0 spiro atoms. The predicted molar refractivity (Wildman–Crippen MR) is 100 cm³/mol. The Balaban J connectivity index is 1.46. The second-order valence-electron chi connectivity index (χ2n) is 6.44. The van der Waals surface area contributed by atoms with E-state index >= 15 is 0 Å². The molecular weight excluding hydrogens is 352 g/mol. The van der Waals surface area contributed by atoms with E-state index in [0.717, 1.165) is 24.2 Å². The number of rotatable bonds is 7. The van der Waals surface area contributed by atoms with Gasteiger partial charge in [-0.1, -0.05) is 29.5 Å². The first kappa shape index (κ1) is 18.2. The number of nitrogen functional groups attached to an aromatic ring is 1. The fourth-order valence-corrected chi connectivity index (χ4v) is 3.19. The van der Waals surface area contributed by atoms with Crippen molar-refractivity contribution in [2.45, 2.75) is 30.8 Å². The van der Waals surface area contributed by atoms with Crippen LogP contribution in [0.4, 0.5) is 5.69 Å². The fourth-order valence-electron chi connectivity index (χ4n) is 2.38. The van der Waals surface area contributed by atoms with Gasteiger partial charge in [-0.3, -0.25) is 9.59 Å². The molecule has 1 heterocycles. The van der Waals surface area contributed by atoms with Crippen molar-refractivity contribution in [3.8, 4) is 0 Å². The van der Waals surface area contributed by atoms with E-state index in [0.29, 0.717) is 16.8 Å². The van der Waals surface area contributed by atoms with Gasteiger partial charge in [0, 0.05) is 18.7 Å². The number of nitrogens with two attached hydrogens (primary N) is 1. The molecule has 2 aromatic rings. The van der Waals surface area contributed by atoms with Crippen molar-refractivity contribution in [1.29, 1.82) is 0 Å². The highest BCUT2D eigenvalue weighted by atomic mass is 32.2. The molecule has 2 amide bonds. The summed E-state index contributed by atoms with van der Waals surface area (Å²) < 4.78 is 1.46. The smallest absolute Gasteiger partial charge is 0.243 e. The third kappa shape index (κ3) is 4.54. The van der Waals surface area contributed by atoms with E-state index < -0.39 is 0 Å². The van der Waals surface area contributed by atoms with Gasteiger partial charge in [-0.05, 0) is 31.9 Å². The number of aryl methyl sites for hydroxylation is 1. The van der Waals surface area contributed by atoms with Gasteiger partial charge in [-0.25, -0.2) is 4.68 Å². The lowest BCUT2D eigenvalue weighted by Gasteiger charge is -2.16. The molecule has 9 heteroatoms. The number of nitrogens with one attached hydrogen (secondary N) is 1. The van der Waals surface area contributed by atoms with Gasteiger partial charge < -0.3 is 16.1 Å². The van der Waals surface area contributed by atoms with Gasteiger partial charge in [0.15, 0.2) is 5.82 Å². The molecule has 3 N–H and O–H groups in total. The lowest BCUT2D eigenvalue weighted by atomic mass is 10.2. The van der Waals surface area contributed by atoms with Crippen LogP contribution in [-0.4, -0.2) is 50.9 Å². The Kier molecular flexibility index (Phi) is 5.46. The summed E-state index contributed by atoms with van der Waals surface area (Å²) in [5.41, 5.74) is 1.82. The van der Waals surface area contributed by atoms with Crippen LogP contribution in [0.15, 0.2) is 29.4 Å². The molecule has 3 rings (SSSR count). The number of nitrogens with zero attached hydrogens (tertiary/aromatic N) is 4. The molecule has 0 saturated heterocycles. The third-order valence-electron chi connectivity index (χ3n) is 4.10. The van der Waals surface area contributed by atoms with Crippen LogP contribution in [-0.2, 0) is 9.59 Å². The number of carbonyl (C=O) groups excluding carboxylic acids is 2. The van der Waals surface area contributed by atoms with Crippen LogP contribution in [0.25, 0.3) is 0 Å². The van der Waals surface area contributed by atoms with Crippen molar-refractivity contribution in [3.05, 3.63) is 35.7 Å². The van der Waals surface area contributed by atoms with Crippen molar-refractivity contribution in [3.63, 3.8) is 0 Å². The number of likely N-dealkylation sites (N-methyl/N-ethyl adjacent to an activating group) is 1. The maximum atomic E-state index is 12.2. The molecule has 1 saturated carbocycles. The minimum absolute atomic E-state index is 0.0179. The summed E-state index contributed by atoms with van der Waals surface area (Å²) >= 11 is 1.22. The zero-order chi connectivity index (χ0) is 18.7. The number of hydrogen-bond donors (Lipinski definition) is 2. The molecule has 0 unspecified atom stereocenters. The number of benzene rings is 1. The number of carbonyl (C=O) groups is 2. The second kappa shape index (κ2) is 7.77. The predicted octanol–water partition coefficient (Wildman–Crippen LogP) is 1.37. The minimum atomic E-state index is -0.243. The van der Waals surface area contributed by atoms with E-state index in [1.54, 1.807) is 7.05 Å². The number of thioether (sulfide) groups is 1. The molecule has 0 bridgehead atoms. The molecule has 0 aliphatic heterocycles. The zero-order valence-corrected chi connectivity index (χ0v) is 15.6. The molecule has 1 aliphatic carbocycles. The van der Waals surface area contributed by atoms with Crippen molar-refractivity contribution < 1.29 is 9.59 Å². The van der Waals surface area contributed by atoms with Gasteiger partial charge in [0.25, 0.3) is 0 Å². The quantitative estimate of drug-likeness (QED) is 0.560. The highest BCUT2D eigenvalue weighted by Crippen LogP contribution is 2.39. The van der Waals surface area contributed by atoms with E-state index in [4.69, 9.17) is 5.84 Å². The average Bonchev–Trinajstić information content (AvgIpc) is 3.38. The van der Waals surface area contributed by atoms with Crippen molar-refractivity contribution in [1.82, 2.24) is 19.8 Å². The number of hydrogen-bond acceptors (Lipinski definition) is 6. The molecule has 26 heavy (non-hydrogen) atoms. The van der Waals surface area contributed by atoms with Crippen LogP contribution in [0, 0.1) is 6.92 Å². The maximum Gasteiger partial charge on any atom is 0.243 e. The first-order valence-electron chi connectivity index (χ1n) is 8.37. The second-order valence-corrected chi connectivity index (χ2v) is 7.38. The highest BCUT2D eigenvalue weighted by molar-refractivity contribution is 7.99. The Labute approximate surface area is 156 Å². The fraction of sp³-hybridized carbons (Fsp3) is 0.412. The molecule has 1 aromatic carbocycles. The molecule has 138 valence electrons. The maximum absolute atomic E-state index is 12.2. The molecule has 1 aromatic heterocycles. The molecule has 1 fully saturated rings. The molecule has 1 aliphatic rings. The van der Waals surface area contributed by atoms with Crippen LogP contribution in [0.3, 0.4) is 0 Å². The summed E-state index contributed by atoms with van der Waals surface area (Å²) in [5.74, 6) is 6.86. The Hall–Kier alpha value is -2.55. The van der Waals surface area contributed by atoms with E-state index in [1.807, 2.05) is 31.2 Å². The molecule has 0 atom stereocenters. The molecule has 0 radical (unpaired) electrons. The van der Waals surface area contributed by atoms with Gasteiger partial charge in [-0.2, -0.15) is 0 Å². The summed E-state index contributed by atoms with van der Waals surface area (Å²) in [6.07, 6.45) is 2.16. The standard InChI is InChI=1S/C17H22N6O2S/c1-11-3-7-13(8-4-11)19-14(24)9-22(2)15(25)10-26-17-21-20-16(23(17)18)12-5-6-12/h3-4,7-8,12H,5-6,9-10,18H2,1-2H3,(H,19,24). The monoisotopic (exact) mass is 374 g/mol. The van der Waals surface area contributed by atoms with Crippen molar-refractivity contribution in [2.75, 3.05) is 30.5 Å². The lowest BCUT2D eigenvalue weighted by Crippen LogP contribution is -2.36. The number of aromatic nitrogens is 3. The van der Waals surface area contributed by atoms with Crippen LogP contribution >= 0.6 is 11.8 Å². The Morgan fingerprint density at radius 3 is 2.65 bits per heavy atom. The van der Waals surface area contributed by atoms with Crippen LogP contribution in [0.5, 0.6) is 0 Å². The number of anilines is 1. The van der Waals surface area contributed by atoms with Crippen molar-refractivity contribution >= 4 is 29.3 Å². The number of amides is 2. The van der Waals surface area contributed by atoms with Crippen LogP contribution < -0.4 is 11.2 Å². The van der Waals surface area contributed by atoms with Gasteiger partial charge in [-0.15, -0.1) is 10.2 Å². The van der Waals surface area contributed by atoms with Crippen molar-refractivity contribution in [2.24, 2.45) is 0 Å².